The molecule has 3 aromatic rings. The fourth-order valence-electron chi connectivity index (χ4n) is 2.63. The summed E-state index contributed by atoms with van der Waals surface area (Å²) in [5, 5.41) is 4.26. The molecule has 28 heavy (non-hydrogen) atoms. The Bertz CT molecular complexity index is 1070. The van der Waals surface area contributed by atoms with Crippen LogP contribution in [0.4, 0.5) is 0 Å². The van der Waals surface area contributed by atoms with Crippen LogP contribution in [0.3, 0.4) is 0 Å². The van der Waals surface area contributed by atoms with E-state index in [1.807, 2.05) is 62.4 Å². The molecule has 0 saturated heterocycles. The van der Waals surface area contributed by atoms with Crippen molar-refractivity contribution in [1.29, 1.82) is 0 Å². The van der Waals surface area contributed by atoms with Crippen molar-refractivity contribution in [1.82, 2.24) is 4.83 Å². The summed E-state index contributed by atoms with van der Waals surface area (Å²) in [5.41, 5.74) is 4.20. The van der Waals surface area contributed by atoms with Gasteiger partial charge < -0.3 is 4.74 Å². The second-order valence-corrected chi connectivity index (χ2v) is 8.12. The molecule has 0 aliphatic rings. The molecule has 0 atom stereocenters. The van der Waals surface area contributed by atoms with E-state index in [2.05, 4.69) is 9.93 Å². The van der Waals surface area contributed by atoms with Crippen LogP contribution in [0.2, 0.25) is 0 Å². The molecule has 0 aromatic heterocycles. The number of hydrogen-bond acceptors (Lipinski definition) is 4. The molecule has 0 fully saturated rings. The van der Waals surface area contributed by atoms with Crippen LogP contribution in [0.1, 0.15) is 22.3 Å². The number of hydrazone groups is 1. The van der Waals surface area contributed by atoms with E-state index in [0.717, 1.165) is 22.3 Å². The van der Waals surface area contributed by atoms with E-state index in [1.54, 1.807) is 31.4 Å². The van der Waals surface area contributed by atoms with E-state index in [1.165, 1.54) is 0 Å². The topological polar surface area (TPSA) is 67.8 Å². The van der Waals surface area contributed by atoms with Gasteiger partial charge in [-0.25, -0.2) is 0 Å². The maximum absolute atomic E-state index is 12.6. The number of hydrogen-bond donors (Lipinski definition) is 1. The molecular weight excluding hydrogens is 372 g/mol. The summed E-state index contributed by atoms with van der Waals surface area (Å²) < 4.78 is 30.5. The zero-order valence-electron chi connectivity index (χ0n) is 16.0. The van der Waals surface area contributed by atoms with E-state index < -0.39 is 10.0 Å². The number of benzene rings is 3. The molecule has 0 amide bonds. The molecule has 5 nitrogen and oxygen atoms in total. The highest BCUT2D eigenvalue weighted by Crippen LogP contribution is 2.17. The van der Waals surface area contributed by atoms with Crippen LogP contribution in [0.5, 0.6) is 5.75 Å². The van der Waals surface area contributed by atoms with Gasteiger partial charge in [0.05, 0.1) is 17.7 Å². The lowest BCUT2D eigenvalue weighted by molar-refractivity contribution is 0.415. The van der Waals surface area contributed by atoms with Crippen molar-refractivity contribution in [3.8, 4) is 5.75 Å². The van der Waals surface area contributed by atoms with Gasteiger partial charge in [-0.1, -0.05) is 47.5 Å². The van der Waals surface area contributed by atoms with Gasteiger partial charge in [0, 0.05) is 11.1 Å². The second-order valence-electron chi connectivity index (χ2n) is 6.46. The number of nitrogens with one attached hydrogen (secondary N) is 1. The molecule has 0 aliphatic heterocycles. The number of nitrogens with zero attached hydrogens (tertiary/aromatic N) is 1. The molecule has 0 unspecified atom stereocenters. The summed E-state index contributed by atoms with van der Waals surface area (Å²) in [5.74, 6) is 0.715. The third-order valence-corrected chi connectivity index (χ3v) is 5.52. The molecule has 3 aromatic carbocycles. The average molecular weight is 394 g/mol. The van der Waals surface area contributed by atoms with E-state index >= 15 is 0 Å². The Morgan fingerprint density at radius 3 is 1.75 bits per heavy atom. The summed E-state index contributed by atoms with van der Waals surface area (Å²) in [7, 11) is -2.17. The summed E-state index contributed by atoms with van der Waals surface area (Å²) in [4.78, 5) is 2.53. The third-order valence-electron chi connectivity index (χ3n) is 4.30. The summed E-state index contributed by atoms with van der Waals surface area (Å²) in [6.07, 6.45) is 0. The minimum absolute atomic E-state index is 0.167. The molecule has 0 spiro atoms. The van der Waals surface area contributed by atoms with Gasteiger partial charge in [0.25, 0.3) is 10.0 Å². The molecule has 144 valence electrons. The van der Waals surface area contributed by atoms with Gasteiger partial charge in [-0.2, -0.15) is 18.4 Å². The van der Waals surface area contributed by atoms with Gasteiger partial charge >= 0.3 is 0 Å². The minimum Gasteiger partial charge on any atom is -0.497 e. The van der Waals surface area contributed by atoms with Crippen molar-refractivity contribution in [2.24, 2.45) is 5.10 Å². The van der Waals surface area contributed by atoms with Crippen molar-refractivity contribution < 1.29 is 13.2 Å². The highest BCUT2D eigenvalue weighted by atomic mass is 32.2. The summed E-state index contributed by atoms with van der Waals surface area (Å²) in [6, 6.07) is 21.7. The number of sulfonamides is 1. The maximum Gasteiger partial charge on any atom is 0.276 e. The van der Waals surface area contributed by atoms with Gasteiger partial charge in [0.1, 0.15) is 5.75 Å². The SMILES string of the molecule is COc1ccc(C(=NNS(=O)(=O)c2ccc(C)cc2)c2ccc(C)cc2)cc1. The van der Waals surface area contributed by atoms with Gasteiger partial charge in [0.2, 0.25) is 0 Å². The molecule has 0 bridgehead atoms. The largest absolute Gasteiger partial charge is 0.497 e. The van der Waals surface area contributed by atoms with Crippen molar-refractivity contribution >= 4 is 15.7 Å². The van der Waals surface area contributed by atoms with Crippen molar-refractivity contribution in [2.75, 3.05) is 7.11 Å². The standard InChI is InChI=1S/C22H22N2O3S/c1-16-4-8-18(9-5-16)22(19-10-12-20(27-3)13-11-19)23-24-28(25,26)21-14-6-17(2)7-15-21/h4-15,24H,1-3H3. The first-order chi connectivity index (χ1) is 13.4. The van der Waals surface area contributed by atoms with E-state index in [0.29, 0.717) is 11.5 Å². The fraction of sp³-hybridized carbons (Fsp3) is 0.136. The van der Waals surface area contributed by atoms with E-state index in [4.69, 9.17) is 4.74 Å². The predicted octanol–water partition coefficient (Wildman–Crippen LogP) is 4.04. The summed E-state index contributed by atoms with van der Waals surface area (Å²) in [6.45, 7) is 3.90. The smallest absolute Gasteiger partial charge is 0.276 e. The second kappa shape index (κ2) is 8.27. The Morgan fingerprint density at radius 2 is 1.25 bits per heavy atom. The van der Waals surface area contributed by atoms with Crippen molar-refractivity contribution in [3.05, 3.63) is 95.1 Å². The Balaban J connectivity index is 2.00. The Hall–Kier alpha value is -3.12. The van der Waals surface area contributed by atoms with Gasteiger partial charge in [0.15, 0.2) is 0 Å². The van der Waals surface area contributed by atoms with Crippen molar-refractivity contribution in [2.45, 2.75) is 18.7 Å². The normalized spacial score (nSPS) is 11.9. The van der Waals surface area contributed by atoms with Crippen LogP contribution >= 0.6 is 0 Å². The van der Waals surface area contributed by atoms with Crippen molar-refractivity contribution in [3.63, 3.8) is 0 Å². The van der Waals surface area contributed by atoms with Crippen LogP contribution in [-0.4, -0.2) is 21.2 Å². The molecule has 1 N–H and O–H groups in total. The first-order valence-corrected chi connectivity index (χ1v) is 10.2. The average Bonchev–Trinajstić information content (AvgIpc) is 2.70. The van der Waals surface area contributed by atoms with E-state index in [-0.39, 0.29) is 4.90 Å². The number of aryl methyl sites for hydroxylation is 2. The monoisotopic (exact) mass is 394 g/mol. The van der Waals surface area contributed by atoms with Crippen LogP contribution in [0.25, 0.3) is 0 Å². The highest BCUT2D eigenvalue weighted by Gasteiger charge is 2.14. The molecular formula is C22H22N2O3S. The van der Waals surface area contributed by atoms with Gasteiger partial charge in [-0.3, -0.25) is 0 Å². The maximum atomic E-state index is 12.6. The predicted molar refractivity (Wildman–Crippen MR) is 111 cm³/mol. The first-order valence-electron chi connectivity index (χ1n) is 8.77. The molecule has 0 saturated carbocycles. The Morgan fingerprint density at radius 1 is 0.786 bits per heavy atom. The Labute approximate surface area is 165 Å². The lowest BCUT2D eigenvalue weighted by atomic mass is 10.0. The Kier molecular flexibility index (Phi) is 5.80. The fourth-order valence-corrected chi connectivity index (χ4v) is 3.44. The first kappa shape index (κ1) is 19.6. The molecule has 0 radical (unpaired) electrons. The molecule has 0 aliphatic carbocycles. The number of ether oxygens (including phenoxy) is 1. The number of rotatable bonds is 6. The quantitative estimate of drug-likeness (QED) is 0.507. The molecule has 3 rings (SSSR count). The van der Waals surface area contributed by atoms with Gasteiger partial charge in [-0.05, 0) is 50.2 Å². The number of methoxy groups -OCH3 is 1. The van der Waals surface area contributed by atoms with Gasteiger partial charge in [-0.15, -0.1) is 0 Å². The van der Waals surface area contributed by atoms with Crippen LogP contribution in [-0.2, 0) is 10.0 Å². The zero-order chi connectivity index (χ0) is 20.1. The minimum atomic E-state index is -3.77. The molecule has 0 heterocycles. The third kappa shape index (κ3) is 4.58. The van der Waals surface area contributed by atoms with E-state index in [9.17, 15) is 8.42 Å². The molecule has 6 heteroatoms. The zero-order valence-corrected chi connectivity index (χ0v) is 16.8. The lowest BCUT2D eigenvalue weighted by Crippen LogP contribution is -2.21. The highest BCUT2D eigenvalue weighted by molar-refractivity contribution is 7.89. The lowest BCUT2D eigenvalue weighted by Gasteiger charge is -2.10. The van der Waals surface area contributed by atoms with Crippen LogP contribution in [0, 0.1) is 13.8 Å². The summed E-state index contributed by atoms with van der Waals surface area (Å²) >= 11 is 0. The van der Waals surface area contributed by atoms with Crippen LogP contribution in [0.15, 0.2) is 82.8 Å². The van der Waals surface area contributed by atoms with Crippen LogP contribution < -0.4 is 9.57 Å².